The summed E-state index contributed by atoms with van der Waals surface area (Å²) in [6.07, 6.45) is 5.80. The van der Waals surface area contributed by atoms with Gasteiger partial charge in [-0.25, -0.2) is 4.98 Å². The number of carbonyl (C=O) groups is 1. The standard InChI is InChI=1S/C22H36BN3O4/c1-19(2,3)28-18(27)13-22(8)9-11-26(12-10-22)17-15-24-16(14-25-17)23-29-20(4,5)21(6,7)30-23/h14-15H,9-13H2,1-8H3. The fourth-order valence-electron chi connectivity index (χ4n) is 3.76. The minimum absolute atomic E-state index is 0.0467. The van der Waals surface area contributed by atoms with Gasteiger partial charge in [0.15, 0.2) is 0 Å². The van der Waals surface area contributed by atoms with E-state index in [9.17, 15) is 4.79 Å². The molecule has 8 heteroatoms. The van der Waals surface area contributed by atoms with Crippen LogP contribution >= 0.6 is 0 Å². The van der Waals surface area contributed by atoms with Crippen LogP contribution in [0.5, 0.6) is 0 Å². The Kier molecular flexibility index (Phi) is 5.97. The fourth-order valence-corrected chi connectivity index (χ4v) is 3.76. The highest BCUT2D eigenvalue weighted by Gasteiger charge is 2.52. The van der Waals surface area contributed by atoms with Gasteiger partial charge in [0, 0.05) is 19.3 Å². The summed E-state index contributed by atoms with van der Waals surface area (Å²) < 4.78 is 17.6. The molecule has 0 atom stereocenters. The first-order chi connectivity index (χ1) is 13.7. The van der Waals surface area contributed by atoms with E-state index in [4.69, 9.17) is 14.0 Å². The number of carbonyl (C=O) groups excluding carboxylic acids is 1. The van der Waals surface area contributed by atoms with Crippen molar-refractivity contribution in [1.82, 2.24) is 9.97 Å². The molecule has 2 aliphatic heterocycles. The molecule has 2 aliphatic rings. The van der Waals surface area contributed by atoms with Crippen LogP contribution in [0.1, 0.15) is 74.7 Å². The van der Waals surface area contributed by atoms with E-state index >= 15 is 0 Å². The Morgan fingerprint density at radius 3 is 2.10 bits per heavy atom. The molecular formula is C22H36BN3O4. The van der Waals surface area contributed by atoms with Crippen molar-refractivity contribution in [1.29, 1.82) is 0 Å². The minimum atomic E-state index is -0.505. The number of hydrogen-bond acceptors (Lipinski definition) is 7. The molecule has 0 unspecified atom stereocenters. The van der Waals surface area contributed by atoms with E-state index in [0.717, 1.165) is 31.7 Å². The third-order valence-corrected chi connectivity index (χ3v) is 6.44. The third kappa shape index (κ3) is 5.14. The van der Waals surface area contributed by atoms with Crippen LogP contribution in [0.15, 0.2) is 12.4 Å². The van der Waals surface area contributed by atoms with Gasteiger partial charge in [0.2, 0.25) is 0 Å². The van der Waals surface area contributed by atoms with Crippen LogP contribution in [-0.2, 0) is 18.8 Å². The first-order valence-corrected chi connectivity index (χ1v) is 10.8. The van der Waals surface area contributed by atoms with E-state index < -0.39 is 23.9 Å². The zero-order chi connectivity index (χ0) is 22.4. The molecule has 166 valence electrons. The molecule has 0 aromatic carbocycles. The number of nitrogens with zero attached hydrogens (tertiary/aromatic N) is 3. The molecule has 0 saturated carbocycles. The third-order valence-electron chi connectivity index (χ3n) is 6.44. The highest BCUT2D eigenvalue weighted by Crippen LogP contribution is 2.37. The number of esters is 1. The zero-order valence-electron chi connectivity index (χ0n) is 19.7. The van der Waals surface area contributed by atoms with Crippen LogP contribution in [0.2, 0.25) is 0 Å². The number of anilines is 1. The zero-order valence-corrected chi connectivity index (χ0v) is 19.7. The minimum Gasteiger partial charge on any atom is -0.460 e. The average Bonchev–Trinajstić information content (AvgIpc) is 2.81. The molecule has 7 nitrogen and oxygen atoms in total. The maximum absolute atomic E-state index is 12.3. The molecule has 0 bridgehead atoms. The van der Waals surface area contributed by atoms with Gasteiger partial charge in [0.1, 0.15) is 11.4 Å². The lowest BCUT2D eigenvalue weighted by atomic mass is 9.77. The molecule has 2 saturated heterocycles. The summed E-state index contributed by atoms with van der Waals surface area (Å²) in [6, 6.07) is 0. The van der Waals surface area contributed by atoms with E-state index in [0.29, 0.717) is 12.0 Å². The molecule has 0 amide bonds. The van der Waals surface area contributed by atoms with E-state index in [1.54, 1.807) is 12.4 Å². The van der Waals surface area contributed by atoms with Crippen molar-refractivity contribution >= 4 is 24.5 Å². The Bertz CT molecular complexity index is 750. The molecule has 0 aliphatic carbocycles. The van der Waals surface area contributed by atoms with Crippen LogP contribution in [0.3, 0.4) is 0 Å². The van der Waals surface area contributed by atoms with Crippen molar-refractivity contribution in [3.05, 3.63) is 12.4 Å². The van der Waals surface area contributed by atoms with Gasteiger partial charge in [-0.05, 0) is 66.7 Å². The predicted molar refractivity (Wildman–Crippen MR) is 118 cm³/mol. The number of aromatic nitrogens is 2. The summed E-state index contributed by atoms with van der Waals surface area (Å²) >= 11 is 0. The van der Waals surface area contributed by atoms with Crippen LogP contribution < -0.4 is 10.5 Å². The van der Waals surface area contributed by atoms with E-state index in [-0.39, 0.29) is 11.4 Å². The number of hydrogen-bond donors (Lipinski definition) is 0. The molecule has 1 aromatic heterocycles. The quantitative estimate of drug-likeness (QED) is 0.551. The topological polar surface area (TPSA) is 73.8 Å². The summed E-state index contributed by atoms with van der Waals surface area (Å²) in [5.74, 6) is 0.722. The highest BCUT2D eigenvalue weighted by molar-refractivity contribution is 6.61. The molecule has 3 rings (SSSR count). The van der Waals surface area contributed by atoms with Crippen molar-refractivity contribution in [2.45, 2.75) is 91.5 Å². The largest absolute Gasteiger partial charge is 0.516 e. The molecule has 1 aromatic rings. The van der Waals surface area contributed by atoms with Gasteiger partial charge in [-0.2, -0.15) is 0 Å². The normalized spacial score (nSPS) is 22.8. The molecule has 0 radical (unpaired) electrons. The van der Waals surface area contributed by atoms with Crippen LogP contribution in [0.4, 0.5) is 5.82 Å². The molecule has 30 heavy (non-hydrogen) atoms. The molecular weight excluding hydrogens is 381 g/mol. The average molecular weight is 417 g/mol. The molecule has 3 heterocycles. The summed E-state index contributed by atoms with van der Waals surface area (Å²) in [6.45, 7) is 17.7. The van der Waals surface area contributed by atoms with Gasteiger partial charge < -0.3 is 18.9 Å². The smallest absolute Gasteiger partial charge is 0.460 e. The second kappa shape index (κ2) is 7.79. The van der Waals surface area contributed by atoms with E-state index in [1.807, 2.05) is 48.5 Å². The maximum Gasteiger partial charge on any atom is 0.516 e. The lowest BCUT2D eigenvalue weighted by molar-refractivity contribution is -0.157. The van der Waals surface area contributed by atoms with Gasteiger partial charge in [-0.1, -0.05) is 6.92 Å². The lowest BCUT2D eigenvalue weighted by Gasteiger charge is -2.39. The number of piperidine rings is 1. The first-order valence-electron chi connectivity index (χ1n) is 10.8. The Morgan fingerprint density at radius 2 is 1.63 bits per heavy atom. The van der Waals surface area contributed by atoms with Crippen LogP contribution in [0, 0.1) is 5.41 Å². The Hall–Kier alpha value is -1.67. The van der Waals surface area contributed by atoms with Crippen molar-refractivity contribution in [3.8, 4) is 0 Å². The Labute approximate surface area is 181 Å². The van der Waals surface area contributed by atoms with Gasteiger partial charge in [-0.3, -0.25) is 9.78 Å². The van der Waals surface area contributed by atoms with Crippen molar-refractivity contribution in [2.24, 2.45) is 5.41 Å². The SMILES string of the molecule is CC1(CC(=O)OC(C)(C)C)CCN(c2cnc(B3OC(C)(C)C(C)(C)O3)cn2)CC1. The van der Waals surface area contributed by atoms with E-state index in [2.05, 4.69) is 21.8 Å². The Morgan fingerprint density at radius 1 is 1.07 bits per heavy atom. The number of ether oxygens (including phenoxy) is 1. The fraction of sp³-hybridized carbons (Fsp3) is 0.773. The first kappa shape index (κ1) is 23.0. The van der Waals surface area contributed by atoms with Crippen LogP contribution in [0.25, 0.3) is 0 Å². The summed E-state index contributed by atoms with van der Waals surface area (Å²) in [4.78, 5) is 23.7. The second-order valence-electron chi connectivity index (χ2n) is 10.9. The second-order valence-corrected chi connectivity index (χ2v) is 10.9. The molecule has 2 fully saturated rings. The molecule has 0 spiro atoms. The summed E-state index contributed by atoms with van der Waals surface area (Å²) in [5.41, 5.74) is -0.603. The Balaban J connectivity index is 1.57. The lowest BCUT2D eigenvalue weighted by Crippen LogP contribution is -2.42. The van der Waals surface area contributed by atoms with Gasteiger partial charge in [-0.15, -0.1) is 0 Å². The monoisotopic (exact) mass is 417 g/mol. The molecule has 0 N–H and O–H groups in total. The predicted octanol–water partition coefficient (Wildman–Crippen LogP) is 3.11. The summed E-state index contributed by atoms with van der Waals surface area (Å²) in [5, 5.41) is 0. The number of rotatable bonds is 4. The van der Waals surface area contributed by atoms with Gasteiger partial charge in [0.25, 0.3) is 0 Å². The van der Waals surface area contributed by atoms with Crippen molar-refractivity contribution in [3.63, 3.8) is 0 Å². The van der Waals surface area contributed by atoms with Crippen molar-refractivity contribution < 1.29 is 18.8 Å². The maximum atomic E-state index is 12.3. The van der Waals surface area contributed by atoms with Gasteiger partial charge >= 0.3 is 13.1 Å². The van der Waals surface area contributed by atoms with Crippen LogP contribution in [-0.4, -0.2) is 52.9 Å². The van der Waals surface area contributed by atoms with Gasteiger partial charge in [0.05, 0.1) is 29.4 Å². The summed E-state index contributed by atoms with van der Waals surface area (Å²) in [7, 11) is -0.505. The highest BCUT2D eigenvalue weighted by atomic mass is 16.7. The van der Waals surface area contributed by atoms with E-state index in [1.165, 1.54) is 0 Å². The van der Waals surface area contributed by atoms with Crippen molar-refractivity contribution in [2.75, 3.05) is 18.0 Å².